The van der Waals surface area contributed by atoms with Crippen LogP contribution >= 0.6 is 0 Å². The minimum atomic E-state index is -0.288. The van der Waals surface area contributed by atoms with Gasteiger partial charge >= 0.3 is 0 Å². The highest BCUT2D eigenvalue weighted by molar-refractivity contribution is 5.78. The van der Waals surface area contributed by atoms with Crippen molar-refractivity contribution >= 4 is 5.91 Å². The maximum atomic E-state index is 12.6. The smallest absolute Gasteiger partial charge is 0.255 e. The Morgan fingerprint density at radius 3 is 2.52 bits per heavy atom. The predicted molar refractivity (Wildman–Crippen MR) is 119 cm³/mol. The molecule has 1 aromatic carbocycles. The van der Waals surface area contributed by atoms with Crippen LogP contribution in [0.25, 0.3) is 11.4 Å². The van der Waals surface area contributed by atoms with E-state index in [1.807, 2.05) is 12.1 Å². The van der Waals surface area contributed by atoms with Crippen molar-refractivity contribution in [2.24, 2.45) is 0 Å². The van der Waals surface area contributed by atoms with Gasteiger partial charge in [-0.3, -0.25) is 19.5 Å². The maximum Gasteiger partial charge on any atom is 0.255 e. The second-order valence-electron chi connectivity index (χ2n) is 7.92. The number of aromatic amines is 1. The van der Waals surface area contributed by atoms with E-state index in [1.165, 1.54) is 18.4 Å². The molecule has 2 N–H and O–H groups in total. The molecule has 1 aliphatic rings. The summed E-state index contributed by atoms with van der Waals surface area (Å²) in [5.41, 5.74) is 3.78. The third kappa shape index (κ3) is 5.24. The molecule has 7 heteroatoms. The Hall–Kier alpha value is -3.32. The minimum Gasteiger partial charge on any atom is -0.352 e. The lowest BCUT2D eigenvalue weighted by molar-refractivity contribution is -0.120. The van der Waals surface area contributed by atoms with Crippen LogP contribution in [0.4, 0.5) is 0 Å². The van der Waals surface area contributed by atoms with Gasteiger partial charge in [-0.15, -0.1) is 0 Å². The Morgan fingerprint density at radius 1 is 1.10 bits per heavy atom. The van der Waals surface area contributed by atoms with E-state index < -0.39 is 0 Å². The number of hydrogen-bond acceptors (Lipinski definition) is 5. The third-order valence-corrected chi connectivity index (χ3v) is 5.70. The molecule has 1 aliphatic heterocycles. The SMILES string of the molecule is Cc1nc(-c2ccncc2)[nH]c(=O)c1CC(=O)NCc1ccccc1CN1CCCC1. The minimum absolute atomic E-state index is 0.000909. The molecular formula is C24H27N5O2. The lowest BCUT2D eigenvalue weighted by Crippen LogP contribution is -2.29. The van der Waals surface area contributed by atoms with Crippen molar-refractivity contribution in [3.63, 3.8) is 0 Å². The molecule has 2 aromatic heterocycles. The number of likely N-dealkylation sites (tertiary alicyclic amines) is 1. The summed E-state index contributed by atoms with van der Waals surface area (Å²) in [6.07, 6.45) is 5.79. The molecule has 1 amide bonds. The average molecular weight is 418 g/mol. The number of benzene rings is 1. The number of pyridine rings is 1. The molecule has 0 spiro atoms. The average Bonchev–Trinajstić information content (AvgIpc) is 3.29. The number of H-pyrrole nitrogens is 1. The zero-order chi connectivity index (χ0) is 21.6. The number of carbonyl (C=O) groups excluding carboxylic acids is 1. The summed E-state index contributed by atoms with van der Waals surface area (Å²) in [5.74, 6) is 0.285. The Balaban J connectivity index is 1.41. The van der Waals surface area contributed by atoms with Gasteiger partial charge in [-0.25, -0.2) is 4.98 Å². The Morgan fingerprint density at radius 2 is 1.81 bits per heavy atom. The number of nitrogens with one attached hydrogen (secondary N) is 2. The van der Waals surface area contributed by atoms with Crippen LogP contribution in [-0.2, 0) is 24.3 Å². The zero-order valence-corrected chi connectivity index (χ0v) is 17.7. The molecule has 1 saturated heterocycles. The van der Waals surface area contributed by atoms with Gasteiger partial charge in [0.15, 0.2) is 0 Å². The van der Waals surface area contributed by atoms with Gasteiger partial charge in [0.2, 0.25) is 5.91 Å². The number of aryl methyl sites for hydroxylation is 1. The van der Waals surface area contributed by atoms with Gasteiger partial charge in [0.1, 0.15) is 5.82 Å². The summed E-state index contributed by atoms with van der Waals surface area (Å²) in [6.45, 7) is 5.37. The standard InChI is InChI=1S/C24H27N5O2/c1-17-21(24(31)28-23(27-17)18-8-10-25-11-9-18)14-22(30)26-15-19-6-2-3-7-20(19)16-29-12-4-5-13-29/h2-3,6-11H,4-5,12-16H2,1H3,(H,26,30)(H,27,28,31). The van der Waals surface area contributed by atoms with E-state index in [0.717, 1.165) is 30.8 Å². The van der Waals surface area contributed by atoms with E-state index in [0.29, 0.717) is 23.6 Å². The lowest BCUT2D eigenvalue weighted by atomic mass is 10.1. The Kier molecular flexibility index (Phi) is 6.52. The lowest BCUT2D eigenvalue weighted by Gasteiger charge is -2.17. The van der Waals surface area contributed by atoms with Crippen molar-refractivity contribution in [1.29, 1.82) is 0 Å². The quantitative estimate of drug-likeness (QED) is 0.617. The summed E-state index contributed by atoms with van der Waals surface area (Å²) in [4.78, 5) is 38.9. The van der Waals surface area contributed by atoms with Crippen LogP contribution in [0.1, 0.15) is 35.2 Å². The molecule has 0 atom stereocenters. The first-order valence-corrected chi connectivity index (χ1v) is 10.7. The topological polar surface area (TPSA) is 91.0 Å². The Labute approximate surface area is 181 Å². The summed E-state index contributed by atoms with van der Waals surface area (Å²) >= 11 is 0. The van der Waals surface area contributed by atoms with Gasteiger partial charge in [0.25, 0.3) is 5.56 Å². The van der Waals surface area contributed by atoms with Gasteiger partial charge in [0.05, 0.1) is 6.42 Å². The van der Waals surface area contributed by atoms with Crippen LogP contribution in [-0.4, -0.2) is 38.8 Å². The fraction of sp³-hybridized carbons (Fsp3) is 0.333. The molecule has 0 aliphatic carbocycles. The second kappa shape index (κ2) is 9.66. The van der Waals surface area contributed by atoms with E-state index in [1.54, 1.807) is 31.5 Å². The molecule has 0 saturated carbocycles. The molecule has 4 rings (SSSR count). The maximum absolute atomic E-state index is 12.6. The van der Waals surface area contributed by atoms with E-state index in [2.05, 4.69) is 37.3 Å². The summed E-state index contributed by atoms with van der Waals surface area (Å²) < 4.78 is 0. The van der Waals surface area contributed by atoms with Crippen LogP contribution in [0.15, 0.2) is 53.6 Å². The number of carbonyl (C=O) groups is 1. The summed E-state index contributed by atoms with van der Waals surface area (Å²) in [5, 5.41) is 2.97. The second-order valence-corrected chi connectivity index (χ2v) is 7.92. The molecule has 31 heavy (non-hydrogen) atoms. The molecule has 3 aromatic rings. The van der Waals surface area contributed by atoms with Crippen LogP contribution in [0.2, 0.25) is 0 Å². The van der Waals surface area contributed by atoms with Crippen molar-refractivity contribution in [2.75, 3.05) is 13.1 Å². The molecule has 160 valence electrons. The number of aromatic nitrogens is 3. The fourth-order valence-corrected chi connectivity index (χ4v) is 3.95. The largest absolute Gasteiger partial charge is 0.352 e. The number of hydrogen-bond donors (Lipinski definition) is 2. The van der Waals surface area contributed by atoms with Crippen LogP contribution in [0.3, 0.4) is 0 Å². The van der Waals surface area contributed by atoms with Crippen molar-refractivity contribution in [3.8, 4) is 11.4 Å². The molecule has 1 fully saturated rings. The highest BCUT2D eigenvalue weighted by Crippen LogP contribution is 2.16. The van der Waals surface area contributed by atoms with Gasteiger partial charge in [-0.1, -0.05) is 24.3 Å². The first-order chi connectivity index (χ1) is 15.1. The van der Waals surface area contributed by atoms with Crippen molar-refractivity contribution in [2.45, 2.75) is 39.3 Å². The first-order valence-electron chi connectivity index (χ1n) is 10.7. The molecular weight excluding hydrogens is 390 g/mol. The van der Waals surface area contributed by atoms with Crippen molar-refractivity contribution in [3.05, 3.63) is 81.5 Å². The number of amides is 1. The fourth-order valence-electron chi connectivity index (χ4n) is 3.95. The summed E-state index contributed by atoms with van der Waals surface area (Å²) in [7, 11) is 0. The number of rotatable bonds is 7. The normalized spacial score (nSPS) is 14.0. The molecule has 0 radical (unpaired) electrons. The van der Waals surface area contributed by atoms with E-state index in [-0.39, 0.29) is 17.9 Å². The van der Waals surface area contributed by atoms with Crippen molar-refractivity contribution < 1.29 is 4.79 Å². The van der Waals surface area contributed by atoms with Gasteiger partial charge < -0.3 is 10.3 Å². The highest BCUT2D eigenvalue weighted by Gasteiger charge is 2.16. The van der Waals surface area contributed by atoms with Gasteiger partial charge in [0, 0.05) is 42.3 Å². The van der Waals surface area contributed by atoms with Crippen LogP contribution in [0, 0.1) is 6.92 Å². The van der Waals surface area contributed by atoms with E-state index in [9.17, 15) is 9.59 Å². The zero-order valence-electron chi connectivity index (χ0n) is 17.7. The highest BCUT2D eigenvalue weighted by atomic mass is 16.2. The van der Waals surface area contributed by atoms with E-state index in [4.69, 9.17) is 0 Å². The predicted octanol–water partition coefficient (Wildman–Crippen LogP) is 2.60. The van der Waals surface area contributed by atoms with E-state index >= 15 is 0 Å². The number of nitrogens with zero attached hydrogens (tertiary/aromatic N) is 3. The van der Waals surface area contributed by atoms with Crippen LogP contribution < -0.4 is 10.9 Å². The van der Waals surface area contributed by atoms with Gasteiger partial charge in [-0.2, -0.15) is 0 Å². The third-order valence-electron chi connectivity index (χ3n) is 5.70. The first kappa shape index (κ1) is 20.9. The molecule has 0 bridgehead atoms. The van der Waals surface area contributed by atoms with Crippen molar-refractivity contribution in [1.82, 2.24) is 25.2 Å². The Bertz CT molecular complexity index is 1100. The van der Waals surface area contributed by atoms with Crippen LogP contribution in [0.5, 0.6) is 0 Å². The molecule has 0 unspecified atom stereocenters. The molecule has 7 nitrogen and oxygen atoms in total. The van der Waals surface area contributed by atoms with Gasteiger partial charge in [-0.05, 0) is 56.1 Å². The molecule has 3 heterocycles. The monoisotopic (exact) mass is 417 g/mol. The summed E-state index contributed by atoms with van der Waals surface area (Å²) in [6, 6.07) is 11.8.